The Hall–Kier alpha value is -1.26. The maximum absolute atomic E-state index is 9.77. The lowest BCUT2D eigenvalue weighted by molar-refractivity contribution is -0.148. The number of aliphatic hydroxyl groups is 1. The zero-order chi connectivity index (χ0) is 27.8. The maximum atomic E-state index is 9.77. The molecule has 218 valence electrons. The monoisotopic (exact) mass is 578 g/mol. The van der Waals surface area contributed by atoms with Gasteiger partial charge in [-0.3, -0.25) is 0 Å². The highest BCUT2D eigenvalue weighted by Gasteiger charge is 2.43. The summed E-state index contributed by atoms with van der Waals surface area (Å²) in [5, 5.41) is 9.77. The van der Waals surface area contributed by atoms with Crippen molar-refractivity contribution in [1.29, 1.82) is 0 Å². The average Bonchev–Trinajstić information content (AvgIpc) is 2.98. The Morgan fingerprint density at radius 2 is 1.59 bits per heavy atom. The van der Waals surface area contributed by atoms with Crippen molar-refractivity contribution in [2.24, 2.45) is 5.92 Å². The molecule has 3 rings (SSSR count). The molecule has 0 aliphatic carbocycles. The molecule has 0 unspecified atom stereocenters. The van der Waals surface area contributed by atoms with Gasteiger partial charge >= 0.3 is 0 Å². The molecule has 1 saturated heterocycles. The van der Waals surface area contributed by atoms with Crippen molar-refractivity contribution in [3.63, 3.8) is 0 Å². The minimum absolute atomic E-state index is 0.0283. The normalized spacial score (nSPS) is 17.4. The van der Waals surface area contributed by atoms with Crippen LogP contribution < -0.4 is 4.74 Å². The molecular weight excluding hydrogens is 532 g/mol. The first-order valence-corrected chi connectivity index (χ1v) is 16.0. The minimum Gasteiger partial charge on any atom is -0.497 e. The minimum atomic E-state index is -0.183. The van der Waals surface area contributed by atoms with Crippen LogP contribution in [0.2, 0.25) is 0 Å². The van der Waals surface area contributed by atoms with E-state index in [2.05, 4.69) is 19.1 Å². The van der Waals surface area contributed by atoms with Gasteiger partial charge in [-0.15, -0.1) is 23.5 Å². The van der Waals surface area contributed by atoms with Crippen LogP contribution in [0.4, 0.5) is 0 Å². The van der Waals surface area contributed by atoms with Crippen LogP contribution in [0.3, 0.4) is 0 Å². The Labute approximate surface area is 243 Å². The van der Waals surface area contributed by atoms with E-state index in [-0.39, 0.29) is 29.7 Å². The molecule has 2 aromatic carbocycles. The van der Waals surface area contributed by atoms with Gasteiger partial charge in [0.2, 0.25) is 0 Å². The van der Waals surface area contributed by atoms with E-state index in [1.54, 1.807) is 7.11 Å². The van der Waals surface area contributed by atoms with E-state index >= 15 is 0 Å². The second-order valence-corrected chi connectivity index (χ2v) is 12.9. The molecule has 3 atom stereocenters. The Morgan fingerprint density at radius 3 is 2.26 bits per heavy atom. The molecule has 0 bridgehead atoms. The first-order chi connectivity index (χ1) is 19.1. The molecule has 0 radical (unpaired) electrons. The van der Waals surface area contributed by atoms with E-state index in [0.29, 0.717) is 38.8 Å². The van der Waals surface area contributed by atoms with Crippen molar-refractivity contribution in [2.45, 2.75) is 69.0 Å². The zero-order valence-electron chi connectivity index (χ0n) is 23.7. The van der Waals surface area contributed by atoms with Crippen LogP contribution >= 0.6 is 23.5 Å². The second kappa shape index (κ2) is 18.2. The van der Waals surface area contributed by atoms with Crippen molar-refractivity contribution < 1.29 is 28.8 Å². The van der Waals surface area contributed by atoms with Gasteiger partial charge in [0.15, 0.2) is 0 Å². The van der Waals surface area contributed by atoms with Crippen LogP contribution in [0.5, 0.6) is 5.75 Å². The molecule has 6 nitrogen and oxygen atoms in total. The van der Waals surface area contributed by atoms with Crippen LogP contribution in [0, 0.1) is 5.92 Å². The van der Waals surface area contributed by atoms with Gasteiger partial charge in [0.05, 0.1) is 36.6 Å². The summed E-state index contributed by atoms with van der Waals surface area (Å²) in [6.07, 6.45) is 3.20. The quantitative estimate of drug-likeness (QED) is 0.149. The predicted molar refractivity (Wildman–Crippen MR) is 161 cm³/mol. The van der Waals surface area contributed by atoms with Gasteiger partial charge in [-0.25, -0.2) is 0 Å². The van der Waals surface area contributed by atoms with E-state index in [1.165, 1.54) is 6.42 Å². The largest absolute Gasteiger partial charge is 0.497 e. The van der Waals surface area contributed by atoms with Crippen LogP contribution in [0.1, 0.15) is 50.7 Å². The average molecular weight is 579 g/mol. The lowest BCUT2D eigenvalue weighted by Gasteiger charge is -2.44. The Bertz CT molecular complexity index is 892. The Morgan fingerprint density at radius 1 is 0.872 bits per heavy atom. The number of benzene rings is 2. The van der Waals surface area contributed by atoms with Crippen molar-refractivity contribution in [1.82, 2.24) is 0 Å². The summed E-state index contributed by atoms with van der Waals surface area (Å²) < 4.78 is 29.9. The molecule has 1 N–H and O–H groups in total. The topological polar surface area (TPSA) is 66.4 Å². The zero-order valence-corrected chi connectivity index (χ0v) is 25.4. The first-order valence-electron chi connectivity index (χ1n) is 14.0. The molecule has 1 aliphatic heterocycles. The lowest BCUT2D eigenvalue weighted by Crippen LogP contribution is -2.43. The van der Waals surface area contributed by atoms with E-state index in [9.17, 15) is 5.11 Å². The number of hydrogen-bond donors (Lipinski definition) is 1. The third-order valence-corrected chi connectivity index (χ3v) is 10.9. The molecule has 8 heteroatoms. The fourth-order valence-electron chi connectivity index (χ4n) is 4.67. The molecule has 1 heterocycles. The van der Waals surface area contributed by atoms with E-state index in [1.807, 2.05) is 72.9 Å². The Kier molecular flexibility index (Phi) is 15.1. The van der Waals surface area contributed by atoms with Crippen molar-refractivity contribution in [3.05, 3.63) is 65.7 Å². The highest BCUT2D eigenvalue weighted by molar-refractivity contribution is 8.18. The van der Waals surface area contributed by atoms with Gasteiger partial charge in [-0.2, -0.15) is 0 Å². The molecule has 39 heavy (non-hydrogen) atoms. The standard InChI is InChI=1S/C31H46O6S2/c1-4-34-24-37-29(16-18-35-22-27-11-13-28(33-3)14-12-27)30(36-23-26-9-6-5-7-10-26)21-31(25(2)15-17-32)38-19-8-20-39-31/h5-7,9-14,25,29-30,32H,4,8,15-24H2,1-3H3/t25-,29-,30-/m0/s1. The molecule has 0 amide bonds. The number of hydrogen-bond acceptors (Lipinski definition) is 8. The second-order valence-electron chi connectivity index (χ2n) is 9.82. The number of ether oxygens (including phenoxy) is 5. The number of rotatable bonds is 19. The number of methoxy groups -OCH3 is 1. The van der Waals surface area contributed by atoms with Crippen LogP contribution in [0.15, 0.2) is 54.6 Å². The van der Waals surface area contributed by atoms with Crippen LogP contribution in [-0.4, -0.2) is 66.6 Å². The summed E-state index contributed by atoms with van der Waals surface area (Å²) in [5.74, 6) is 3.44. The highest BCUT2D eigenvalue weighted by Crippen LogP contribution is 2.52. The van der Waals surface area contributed by atoms with Gasteiger partial charge in [-0.05, 0) is 66.9 Å². The van der Waals surface area contributed by atoms with Gasteiger partial charge in [0.25, 0.3) is 0 Å². The SMILES string of the molecule is CCOCO[C@@H](CCOCc1ccc(OC)cc1)[C@H](CC1([C@@H](C)CCO)SCCCS1)OCc1ccccc1. The molecular formula is C31H46O6S2. The first kappa shape index (κ1) is 32.3. The summed E-state index contributed by atoms with van der Waals surface area (Å²) >= 11 is 4.05. The predicted octanol–water partition coefficient (Wildman–Crippen LogP) is 6.54. The molecule has 0 aromatic heterocycles. The van der Waals surface area contributed by atoms with E-state index in [0.717, 1.165) is 41.2 Å². The van der Waals surface area contributed by atoms with Gasteiger partial charge < -0.3 is 28.8 Å². The lowest BCUT2D eigenvalue weighted by atomic mass is 9.95. The fraction of sp³-hybridized carbons (Fsp3) is 0.613. The van der Waals surface area contributed by atoms with Gasteiger partial charge in [0, 0.05) is 26.2 Å². The van der Waals surface area contributed by atoms with Crippen LogP contribution in [0.25, 0.3) is 0 Å². The molecule has 2 aromatic rings. The third kappa shape index (κ3) is 10.9. The molecule has 1 fully saturated rings. The van der Waals surface area contributed by atoms with E-state index < -0.39 is 0 Å². The van der Waals surface area contributed by atoms with Crippen LogP contribution in [-0.2, 0) is 32.2 Å². The Balaban J connectivity index is 1.73. The van der Waals surface area contributed by atoms with E-state index in [4.69, 9.17) is 23.7 Å². The fourth-order valence-corrected chi connectivity index (χ4v) is 8.32. The molecule has 0 spiro atoms. The molecule has 1 aliphatic rings. The summed E-state index contributed by atoms with van der Waals surface area (Å²) in [6, 6.07) is 18.3. The highest BCUT2D eigenvalue weighted by atomic mass is 32.2. The van der Waals surface area contributed by atoms with Crippen molar-refractivity contribution in [3.8, 4) is 5.75 Å². The third-order valence-electron chi connectivity index (χ3n) is 7.05. The smallest absolute Gasteiger partial charge is 0.147 e. The van der Waals surface area contributed by atoms with Crippen molar-refractivity contribution >= 4 is 23.5 Å². The summed E-state index contributed by atoms with van der Waals surface area (Å²) in [6.45, 7) is 6.86. The summed E-state index contributed by atoms with van der Waals surface area (Å²) in [7, 11) is 1.67. The number of aliphatic hydroxyl groups excluding tert-OH is 1. The van der Waals surface area contributed by atoms with Gasteiger partial charge in [0.1, 0.15) is 12.5 Å². The number of thioether (sulfide) groups is 2. The van der Waals surface area contributed by atoms with Gasteiger partial charge in [-0.1, -0.05) is 49.4 Å². The molecule has 0 saturated carbocycles. The summed E-state index contributed by atoms with van der Waals surface area (Å²) in [5.41, 5.74) is 2.24. The maximum Gasteiger partial charge on any atom is 0.147 e. The summed E-state index contributed by atoms with van der Waals surface area (Å²) in [4.78, 5) is 0. The van der Waals surface area contributed by atoms with Crippen molar-refractivity contribution in [2.75, 3.05) is 45.2 Å².